The van der Waals surface area contributed by atoms with Gasteiger partial charge >= 0.3 is 0 Å². The van der Waals surface area contributed by atoms with Crippen LogP contribution in [0.15, 0.2) is 42.7 Å². The summed E-state index contributed by atoms with van der Waals surface area (Å²) in [5.74, 6) is 0. The summed E-state index contributed by atoms with van der Waals surface area (Å²) >= 11 is 0. The zero-order chi connectivity index (χ0) is 14.8. The number of hydrogen-bond acceptors (Lipinski definition) is 3. The van der Waals surface area contributed by atoms with Crippen LogP contribution in [0.2, 0.25) is 0 Å². The minimum absolute atomic E-state index is 0.550. The van der Waals surface area contributed by atoms with E-state index in [1.54, 1.807) is 0 Å². The minimum atomic E-state index is -0.550. The maximum atomic E-state index is 10.6. The number of hydrogen-bond donors (Lipinski definition) is 1. The van der Waals surface area contributed by atoms with Gasteiger partial charge in [0.1, 0.15) is 0 Å². The van der Waals surface area contributed by atoms with Crippen molar-refractivity contribution in [3.05, 3.63) is 59.5 Å². The van der Waals surface area contributed by atoms with Gasteiger partial charge in [-0.3, -0.25) is 9.67 Å². The van der Waals surface area contributed by atoms with Crippen LogP contribution in [0.1, 0.15) is 29.8 Å². The Hall–Kier alpha value is -2.20. The molecule has 1 atom stereocenters. The van der Waals surface area contributed by atoms with Crippen molar-refractivity contribution in [1.29, 1.82) is 0 Å². The lowest BCUT2D eigenvalue weighted by molar-refractivity contribution is 0.180. The van der Waals surface area contributed by atoms with Crippen molar-refractivity contribution < 1.29 is 5.11 Å². The molecular weight excluding hydrogens is 262 g/mol. The summed E-state index contributed by atoms with van der Waals surface area (Å²) in [6, 6.07) is 9.90. The van der Waals surface area contributed by atoms with Gasteiger partial charge in [-0.25, -0.2) is 0 Å². The van der Waals surface area contributed by atoms with Crippen LogP contribution in [0.25, 0.3) is 10.9 Å². The third-order valence-electron chi connectivity index (χ3n) is 3.68. The summed E-state index contributed by atoms with van der Waals surface area (Å²) in [5, 5.41) is 15.9. The van der Waals surface area contributed by atoms with E-state index < -0.39 is 6.10 Å². The van der Waals surface area contributed by atoms with Crippen LogP contribution in [-0.4, -0.2) is 19.9 Å². The Morgan fingerprint density at radius 2 is 2.10 bits per heavy atom. The summed E-state index contributed by atoms with van der Waals surface area (Å²) in [6.45, 7) is 4.85. The van der Waals surface area contributed by atoms with Crippen LogP contribution in [0.5, 0.6) is 0 Å². The molecule has 4 nitrogen and oxygen atoms in total. The average molecular weight is 281 g/mol. The molecule has 21 heavy (non-hydrogen) atoms. The molecule has 108 valence electrons. The largest absolute Gasteiger partial charge is 0.388 e. The first-order chi connectivity index (χ1) is 10.2. The lowest BCUT2D eigenvalue weighted by Gasteiger charge is -2.13. The molecule has 0 bridgehead atoms. The molecule has 0 fully saturated rings. The zero-order valence-electron chi connectivity index (χ0n) is 12.3. The Morgan fingerprint density at radius 3 is 2.86 bits per heavy atom. The first kappa shape index (κ1) is 13.8. The number of aryl methyl sites for hydroxylation is 2. The van der Waals surface area contributed by atoms with E-state index in [1.165, 1.54) is 0 Å². The van der Waals surface area contributed by atoms with Crippen molar-refractivity contribution in [2.75, 3.05) is 0 Å². The smallest absolute Gasteiger partial charge is 0.0838 e. The number of rotatable bonds is 4. The van der Waals surface area contributed by atoms with Gasteiger partial charge < -0.3 is 5.11 Å². The Kier molecular flexibility index (Phi) is 3.71. The summed E-state index contributed by atoms with van der Waals surface area (Å²) in [6.07, 6.45) is 3.82. The number of aliphatic hydroxyl groups excluding tert-OH is 1. The lowest BCUT2D eigenvalue weighted by atomic mass is 9.99. The van der Waals surface area contributed by atoms with Gasteiger partial charge in [-0.2, -0.15) is 5.10 Å². The molecule has 0 spiro atoms. The quantitative estimate of drug-likeness (QED) is 0.799. The Bertz CT molecular complexity index is 764. The second-order valence-electron chi connectivity index (χ2n) is 5.29. The van der Waals surface area contributed by atoms with Crippen LogP contribution in [0.4, 0.5) is 0 Å². The summed E-state index contributed by atoms with van der Waals surface area (Å²) in [7, 11) is 0. The van der Waals surface area contributed by atoms with E-state index >= 15 is 0 Å². The molecule has 3 rings (SSSR count). The first-order valence-corrected chi connectivity index (χ1v) is 7.23. The van der Waals surface area contributed by atoms with Crippen molar-refractivity contribution in [2.45, 2.75) is 32.9 Å². The number of benzene rings is 1. The van der Waals surface area contributed by atoms with Crippen molar-refractivity contribution in [3.63, 3.8) is 0 Å². The molecule has 0 amide bonds. The number of aliphatic hydroxyl groups is 1. The van der Waals surface area contributed by atoms with E-state index in [0.29, 0.717) is 6.42 Å². The molecule has 0 aliphatic heterocycles. The number of pyridine rings is 1. The fraction of sp³-hybridized carbons (Fsp3) is 0.294. The summed E-state index contributed by atoms with van der Waals surface area (Å²) < 4.78 is 1.87. The van der Waals surface area contributed by atoms with Gasteiger partial charge in [-0.15, -0.1) is 0 Å². The number of para-hydroxylation sites is 1. The number of aromatic nitrogens is 3. The second-order valence-corrected chi connectivity index (χ2v) is 5.29. The molecular formula is C17H19N3O. The third-order valence-corrected chi connectivity index (χ3v) is 3.68. The Morgan fingerprint density at radius 1 is 1.29 bits per heavy atom. The molecule has 2 aromatic heterocycles. The molecule has 0 radical (unpaired) electrons. The van der Waals surface area contributed by atoms with E-state index in [1.807, 2.05) is 61.3 Å². The van der Waals surface area contributed by atoms with E-state index in [9.17, 15) is 5.11 Å². The number of fused-ring (bicyclic) bond motifs is 1. The van der Waals surface area contributed by atoms with E-state index in [2.05, 4.69) is 10.1 Å². The van der Waals surface area contributed by atoms with Gasteiger partial charge in [-0.1, -0.05) is 18.2 Å². The molecule has 3 aromatic rings. The average Bonchev–Trinajstić information content (AvgIpc) is 2.94. The number of nitrogens with zero attached hydrogens (tertiary/aromatic N) is 3. The zero-order valence-corrected chi connectivity index (χ0v) is 12.3. The molecule has 1 N–H and O–H groups in total. The molecule has 2 heterocycles. The highest BCUT2D eigenvalue weighted by Gasteiger charge is 2.14. The summed E-state index contributed by atoms with van der Waals surface area (Å²) in [5.41, 5.74) is 3.83. The van der Waals surface area contributed by atoms with Gasteiger partial charge in [0.25, 0.3) is 0 Å². The molecule has 0 aliphatic rings. The molecule has 1 unspecified atom stereocenters. The highest BCUT2D eigenvalue weighted by atomic mass is 16.3. The third kappa shape index (κ3) is 2.81. The molecule has 0 saturated carbocycles. The van der Waals surface area contributed by atoms with Gasteiger partial charge in [0, 0.05) is 30.2 Å². The van der Waals surface area contributed by atoms with Crippen molar-refractivity contribution in [2.24, 2.45) is 0 Å². The van der Waals surface area contributed by atoms with Crippen LogP contribution in [-0.2, 0) is 13.0 Å². The van der Waals surface area contributed by atoms with Crippen LogP contribution in [0, 0.1) is 6.92 Å². The lowest BCUT2D eigenvalue weighted by Crippen LogP contribution is -2.04. The normalized spacial score (nSPS) is 12.7. The summed E-state index contributed by atoms with van der Waals surface area (Å²) in [4.78, 5) is 4.52. The molecule has 1 aromatic carbocycles. The minimum Gasteiger partial charge on any atom is -0.388 e. The van der Waals surface area contributed by atoms with E-state index in [0.717, 1.165) is 34.3 Å². The Labute approximate surface area is 124 Å². The van der Waals surface area contributed by atoms with Gasteiger partial charge in [-0.05, 0) is 37.1 Å². The molecule has 0 aliphatic carbocycles. The van der Waals surface area contributed by atoms with Crippen molar-refractivity contribution >= 4 is 10.9 Å². The van der Waals surface area contributed by atoms with Gasteiger partial charge in [0.2, 0.25) is 0 Å². The second kappa shape index (κ2) is 5.66. The predicted molar refractivity (Wildman–Crippen MR) is 83.0 cm³/mol. The molecule has 0 saturated heterocycles. The highest BCUT2D eigenvalue weighted by Crippen LogP contribution is 2.26. The fourth-order valence-corrected chi connectivity index (χ4v) is 2.63. The highest BCUT2D eigenvalue weighted by molar-refractivity contribution is 5.82. The van der Waals surface area contributed by atoms with E-state index in [-0.39, 0.29) is 0 Å². The van der Waals surface area contributed by atoms with Crippen LogP contribution < -0.4 is 0 Å². The van der Waals surface area contributed by atoms with Crippen molar-refractivity contribution in [3.8, 4) is 0 Å². The fourth-order valence-electron chi connectivity index (χ4n) is 2.63. The Balaban J connectivity index is 1.95. The topological polar surface area (TPSA) is 50.9 Å². The van der Waals surface area contributed by atoms with Gasteiger partial charge in [0.15, 0.2) is 0 Å². The standard InChI is InChI=1S/C17H19N3O/c1-3-20-11-13(10-18-20)9-17(21)15-8-12(2)19-16-7-5-4-6-14(15)16/h4-8,10-11,17,21H,3,9H2,1-2H3. The van der Waals surface area contributed by atoms with Crippen LogP contribution in [0.3, 0.4) is 0 Å². The van der Waals surface area contributed by atoms with Crippen LogP contribution >= 0.6 is 0 Å². The maximum Gasteiger partial charge on any atom is 0.0838 e. The van der Waals surface area contributed by atoms with E-state index in [4.69, 9.17) is 0 Å². The van der Waals surface area contributed by atoms with Crippen molar-refractivity contribution in [1.82, 2.24) is 14.8 Å². The SMILES string of the molecule is CCn1cc(CC(O)c2cc(C)nc3ccccc23)cn1. The first-order valence-electron chi connectivity index (χ1n) is 7.23. The van der Waals surface area contributed by atoms with Gasteiger partial charge in [0.05, 0.1) is 17.8 Å². The maximum absolute atomic E-state index is 10.6. The monoisotopic (exact) mass is 281 g/mol. The predicted octanol–water partition coefficient (Wildman–Crippen LogP) is 3.04. The molecule has 4 heteroatoms.